The summed E-state index contributed by atoms with van der Waals surface area (Å²) in [5, 5.41) is 0. The molecule has 0 bridgehead atoms. The zero-order valence-corrected chi connectivity index (χ0v) is 12.9. The van der Waals surface area contributed by atoms with Crippen molar-refractivity contribution >= 4 is 5.91 Å². The summed E-state index contributed by atoms with van der Waals surface area (Å²) in [4.78, 5) is 13.4. The summed E-state index contributed by atoms with van der Waals surface area (Å²) in [7, 11) is 2.95. The molecule has 0 radical (unpaired) electrons. The predicted octanol–water partition coefficient (Wildman–Crippen LogP) is 3.01. The van der Waals surface area contributed by atoms with Gasteiger partial charge in [0.25, 0.3) is 5.91 Å². The minimum Gasteiger partial charge on any atom is -0.494 e. The molecule has 0 N–H and O–H groups in total. The van der Waals surface area contributed by atoms with E-state index in [1.165, 1.54) is 42.3 Å². The summed E-state index contributed by atoms with van der Waals surface area (Å²) in [6, 6.07) is 10.3. The van der Waals surface area contributed by atoms with Crippen molar-refractivity contribution in [3.8, 4) is 11.5 Å². The van der Waals surface area contributed by atoms with E-state index in [4.69, 9.17) is 9.47 Å². The van der Waals surface area contributed by atoms with Gasteiger partial charge in [-0.1, -0.05) is 18.2 Å². The molecular formula is C17H17F2NO3. The van der Waals surface area contributed by atoms with E-state index in [0.717, 1.165) is 0 Å². The van der Waals surface area contributed by atoms with E-state index in [2.05, 4.69) is 0 Å². The first kappa shape index (κ1) is 16.7. The number of carbonyl (C=O) groups excluding carboxylic acids is 1. The zero-order chi connectivity index (χ0) is 16.8. The number of benzene rings is 2. The van der Waals surface area contributed by atoms with Crippen molar-refractivity contribution in [2.75, 3.05) is 20.8 Å². The van der Waals surface area contributed by atoms with Crippen LogP contribution in [0.2, 0.25) is 0 Å². The van der Waals surface area contributed by atoms with Crippen LogP contribution in [-0.4, -0.2) is 31.6 Å². The maximum Gasteiger partial charge on any atom is 0.260 e. The molecule has 0 saturated heterocycles. The number of carbonyl (C=O) groups is 1. The van der Waals surface area contributed by atoms with E-state index in [9.17, 15) is 13.6 Å². The molecule has 1 amide bonds. The van der Waals surface area contributed by atoms with Crippen LogP contribution in [0.1, 0.15) is 5.56 Å². The summed E-state index contributed by atoms with van der Waals surface area (Å²) in [6.07, 6.45) is 0. The van der Waals surface area contributed by atoms with Crippen LogP contribution in [-0.2, 0) is 11.3 Å². The van der Waals surface area contributed by atoms with Gasteiger partial charge in [-0.3, -0.25) is 4.79 Å². The van der Waals surface area contributed by atoms with E-state index >= 15 is 0 Å². The van der Waals surface area contributed by atoms with Crippen molar-refractivity contribution in [2.45, 2.75) is 6.54 Å². The fourth-order valence-corrected chi connectivity index (χ4v) is 1.98. The molecule has 6 heteroatoms. The Morgan fingerprint density at radius 1 is 1.09 bits per heavy atom. The highest BCUT2D eigenvalue weighted by atomic mass is 19.1. The molecule has 0 fully saturated rings. The van der Waals surface area contributed by atoms with E-state index in [1.807, 2.05) is 0 Å². The topological polar surface area (TPSA) is 38.8 Å². The molecule has 0 unspecified atom stereocenters. The molecule has 0 aromatic heterocycles. The third kappa shape index (κ3) is 4.42. The highest BCUT2D eigenvalue weighted by Gasteiger charge is 2.13. The molecule has 0 heterocycles. The molecule has 2 aromatic rings. The van der Waals surface area contributed by atoms with Gasteiger partial charge in [0.1, 0.15) is 0 Å². The minimum absolute atomic E-state index is 0.0183. The molecule has 0 aliphatic rings. The maximum absolute atomic E-state index is 13.6. The number of ether oxygens (including phenoxy) is 2. The summed E-state index contributed by atoms with van der Waals surface area (Å²) in [5.74, 6) is -1.20. The zero-order valence-electron chi connectivity index (χ0n) is 12.9. The van der Waals surface area contributed by atoms with Crippen molar-refractivity contribution in [1.29, 1.82) is 0 Å². The third-order valence-corrected chi connectivity index (χ3v) is 3.25. The van der Waals surface area contributed by atoms with Crippen molar-refractivity contribution in [2.24, 2.45) is 0 Å². The SMILES string of the molecule is COc1ccc(CN(C)C(=O)COc2ccccc2F)cc1F. The van der Waals surface area contributed by atoms with Gasteiger partial charge in [0, 0.05) is 13.6 Å². The van der Waals surface area contributed by atoms with Crippen molar-refractivity contribution in [3.63, 3.8) is 0 Å². The van der Waals surface area contributed by atoms with E-state index in [0.29, 0.717) is 5.56 Å². The number of nitrogens with zero attached hydrogens (tertiary/aromatic N) is 1. The molecule has 122 valence electrons. The second kappa shape index (κ2) is 7.58. The third-order valence-electron chi connectivity index (χ3n) is 3.25. The number of amides is 1. The van der Waals surface area contributed by atoms with Crippen LogP contribution >= 0.6 is 0 Å². The summed E-state index contributed by atoms with van der Waals surface area (Å²) in [5.41, 5.74) is 0.616. The highest BCUT2D eigenvalue weighted by Crippen LogP contribution is 2.19. The first-order chi connectivity index (χ1) is 11.0. The van der Waals surface area contributed by atoms with Crippen LogP contribution in [0, 0.1) is 11.6 Å². The van der Waals surface area contributed by atoms with Gasteiger partial charge in [0.15, 0.2) is 29.7 Å². The molecule has 2 rings (SSSR count). The molecule has 0 saturated carbocycles. The Morgan fingerprint density at radius 3 is 2.48 bits per heavy atom. The van der Waals surface area contributed by atoms with Crippen LogP contribution in [0.25, 0.3) is 0 Å². The van der Waals surface area contributed by atoms with Gasteiger partial charge in [-0.2, -0.15) is 0 Å². The number of likely N-dealkylation sites (N-methyl/N-ethyl adjacent to an activating group) is 1. The standard InChI is InChI=1S/C17H17F2NO3/c1-20(10-12-7-8-15(22-2)14(19)9-12)17(21)11-23-16-6-4-3-5-13(16)18/h3-9H,10-11H2,1-2H3. The molecule has 0 atom stereocenters. The second-order valence-electron chi connectivity index (χ2n) is 4.94. The molecule has 0 aliphatic heterocycles. The Kier molecular flexibility index (Phi) is 5.51. The minimum atomic E-state index is -0.528. The fourth-order valence-electron chi connectivity index (χ4n) is 1.98. The highest BCUT2D eigenvalue weighted by molar-refractivity contribution is 5.77. The molecule has 2 aromatic carbocycles. The number of para-hydroxylation sites is 1. The van der Waals surface area contributed by atoms with E-state index < -0.39 is 11.6 Å². The van der Waals surface area contributed by atoms with Gasteiger partial charge < -0.3 is 14.4 Å². The smallest absolute Gasteiger partial charge is 0.260 e. The monoisotopic (exact) mass is 321 g/mol. The normalized spacial score (nSPS) is 10.3. The summed E-state index contributed by atoms with van der Waals surface area (Å²) >= 11 is 0. The predicted molar refractivity (Wildman–Crippen MR) is 81.3 cm³/mol. The van der Waals surface area contributed by atoms with Gasteiger partial charge in [0.05, 0.1) is 7.11 Å². The van der Waals surface area contributed by atoms with Crippen LogP contribution in [0.15, 0.2) is 42.5 Å². The summed E-state index contributed by atoms with van der Waals surface area (Å²) in [6.45, 7) is -0.0869. The van der Waals surface area contributed by atoms with Gasteiger partial charge >= 0.3 is 0 Å². The lowest BCUT2D eigenvalue weighted by atomic mass is 10.2. The lowest BCUT2D eigenvalue weighted by Gasteiger charge is -2.18. The van der Waals surface area contributed by atoms with E-state index in [1.54, 1.807) is 19.2 Å². The number of methoxy groups -OCH3 is 1. The summed E-state index contributed by atoms with van der Waals surface area (Å²) < 4.78 is 37.0. The maximum atomic E-state index is 13.6. The largest absolute Gasteiger partial charge is 0.494 e. The quantitative estimate of drug-likeness (QED) is 0.821. The van der Waals surface area contributed by atoms with Crippen LogP contribution in [0.4, 0.5) is 8.78 Å². The second-order valence-corrected chi connectivity index (χ2v) is 4.94. The molecule has 23 heavy (non-hydrogen) atoms. The van der Waals surface area contributed by atoms with E-state index in [-0.39, 0.29) is 30.6 Å². The Morgan fingerprint density at radius 2 is 1.83 bits per heavy atom. The Balaban J connectivity index is 1.92. The first-order valence-electron chi connectivity index (χ1n) is 6.95. The molecular weight excluding hydrogens is 304 g/mol. The van der Waals surface area contributed by atoms with Crippen molar-refractivity contribution in [3.05, 3.63) is 59.7 Å². The van der Waals surface area contributed by atoms with Crippen molar-refractivity contribution < 1.29 is 23.0 Å². The van der Waals surface area contributed by atoms with Gasteiger partial charge in [0.2, 0.25) is 0 Å². The molecule has 4 nitrogen and oxygen atoms in total. The Labute approximate surface area is 133 Å². The molecule has 0 spiro atoms. The molecule has 0 aliphatic carbocycles. The number of rotatable bonds is 6. The number of hydrogen-bond donors (Lipinski definition) is 0. The van der Waals surface area contributed by atoms with Crippen LogP contribution in [0.3, 0.4) is 0 Å². The first-order valence-corrected chi connectivity index (χ1v) is 6.95. The lowest BCUT2D eigenvalue weighted by molar-refractivity contribution is -0.132. The Bertz CT molecular complexity index is 691. The van der Waals surface area contributed by atoms with Gasteiger partial charge in [-0.05, 0) is 29.8 Å². The fraction of sp³-hybridized carbons (Fsp3) is 0.235. The average molecular weight is 321 g/mol. The number of hydrogen-bond acceptors (Lipinski definition) is 3. The van der Waals surface area contributed by atoms with Crippen LogP contribution in [0.5, 0.6) is 11.5 Å². The number of halogens is 2. The lowest BCUT2D eigenvalue weighted by Crippen LogP contribution is -2.31. The average Bonchev–Trinajstić information content (AvgIpc) is 2.54. The Hall–Kier alpha value is -2.63. The van der Waals surface area contributed by atoms with Crippen molar-refractivity contribution in [1.82, 2.24) is 4.90 Å². The van der Waals surface area contributed by atoms with Gasteiger partial charge in [-0.25, -0.2) is 8.78 Å². The van der Waals surface area contributed by atoms with Gasteiger partial charge in [-0.15, -0.1) is 0 Å². The van der Waals surface area contributed by atoms with Crippen LogP contribution < -0.4 is 9.47 Å².